The third-order valence-corrected chi connectivity index (χ3v) is 20.1. The molecular weight excluding hydrogens is 711 g/mol. The Hall–Kier alpha value is -5.12. The summed E-state index contributed by atoms with van der Waals surface area (Å²) in [5, 5.41) is 14.0. The average Bonchev–Trinajstić information content (AvgIpc) is 3.92. The van der Waals surface area contributed by atoms with E-state index in [1.165, 1.54) is 90.5 Å². The van der Waals surface area contributed by atoms with Gasteiger partial charge in [0.2, 0.25) is 0 Å². The Kier molecular flexibility index (Phi) is 8.43. The molecule has 9 aromatic rings. The molecule has 0 saturated carbocycles. The van der Waals surface area contributed by atoms with Gasteiger partial charge in [0.05, 0.1) is 0 Å². The van der Waals surface area contributed by atoms with Crippen molar-refractivity contribution in [3.8, 4) is 0 Å². The van der Waals surface area contributed by atoms with E-state index in [4.69, 9.17) is 0 Å². The van der Waals surface area contributed by atoms with Crippen LogP contribution in [0.5, 0.6) is 0 Å². The first-order valence-corrected chi connectivity index (χ1v) is 23.4. The van der Waals surface area contributed by atoms with Crippen LogP contribution in [-0.2, 0) is 10.3 Å². The quantitative estimate of drug-likeness (QED) is 0.148. The fraction of sp³-hybridized carbons (Fsp3) is 0.148. The Bertz CT molecular complexity index is 2540. The SMILES string of the molecule is c1ccc(P2CCCC2(c2cccc3ccccc23)c2cccc3ccccc23)c(P2CCCC2(c2cccc3ccccc23)c2cccc3ccccc23)c1. The molecule has 0 bridgehead atoms. The minimum absolute atomic E-state index is 0.121. The van der Waals surface area contributed by atoms with Crippen molar-refractivity contribution in [1.82, 2.24) is 0 Å². The Morgan fingerprint density at radius 1 is 0.286 bits per heavy atom. The molecule has 0 nitrogen and oxygen atoms in total. The van der Waals surface area contributed by atoms with Crippen LogP contribution >= 0.6 is 15.8 Å². The highest BCUT2D eigenvalue weighted by Crippen LogP contribution is 2.71. The summed E-state index contributed by atoms with van der Waals surface area (Å²) in [4.78, 5) is 0. The molecular formula is C54H44P2. The second kappa shape index (κ2) is 13.8. The Morgan fingerprint density at radius 2 is 0.554 bits per heavy atom. The zero-order chi connectivity index (χ0) is 37.1. The normalized spacial score (nSPS) is 18.9. The molecule has 2 fully saturated rings. The molecule has 9 aromatic carbocycles. The minimum atomic E-state index is -0.656. The van der Waals surface area contributed by atoms with Crippen LogP contribution in [0.2, 0.25) is 0 Å². The Morgan fingerprint density at radius 3 is 0.875 bits per heavy atom. The predicted molar refractivity (Wildman–Crippen MR) is 245 cm³/mol. The van der Waals surface area contributed by atoms with Gasteiger partial charge < -0.3 is 0 Å². The smallest absolute Gasteiger partial charge is 0.0455 e. The first-order valence-electron chi connectivity index (χ1n) is 20.3. The minimum Gasteiger partial charge on any atom is -0.0616 e. The summed E-state index contributed by atoms with van der Waals surface area (Å²) in [5.41, 5.74) is 6.05. The maximum absolute atomic E-state index is 2.58. The van der Waals surface area contributed by atoms with Crippen LogP contribution in [0.1, 0.15) is 47.9 Å². The van der Waals surface area contributed by atoms with Gasteiger partial charge in [-0.1, -0.05) is 210 Å². The first-order chi connectivity index (χ1) is 27.8. The first kappa shape index (κ1) is 34.2. The van der Waals surface area contributed by atoms with Gasteiger partial charge in [0.15, 0.2) is 0 Å². The van der Waals surface area contributed by atoms with Crippen molar-refractivity contribution in [1.29, 1.82) is 0 Å². The van der Waals surface area contributed by atoms with Gasteiger partial charge in [-0.15, -0.1) is 0 Å². The zero-order valence-corrected chi connectivity index (χ0v) is 33.4. The van der Waals surface area contributed by atoms with Crippen molar-refractivity contribution in [2.24, 2.45) is 0 Å². The fourth-order valence-corrected chi connectivity index (χ4v) is 18.7. The van der Waals surface area contributed by atoms with Crippen molar-refractivity contribution in [2.75, 3.05) is 12.3 Å². The number of rotatable bonds is 6. The van der Waals surface area contributed by atoms with Crippen molar-refractivity contribution in [3.05, 3.63) is 216 Å². The molecule has 0 N–H and O–H groups in total. The van der Waals surface area contributed by atoms with E-state index in [2.05, 4.69) is 194 Å². The van der Waals surface area contributed by atoms with Crippen LogP contribution < -0.4 is 10.6 Å². The molecule has 270 valence electrons. The fourth-order valence-electron chi connectivity index (χ4n) is 11.0. The molecule has 56 heavy (non-hydrogen) atoms. The molecule has 2 heterocycles. The van der Waals surface area contributed by atoms with Gasteiger partial charge in [-0.2, -0.15) is 0 Å². The summed E-state index contributed by atoms with van der Waals surface area (Å²) in [5.74, 6) is 0. The molecule has 0 amide bonds. The number of benzene rings is 9. The number of hydrogen-bond donors (Lipinski definition) is 0. The van der Waals surface area contributed by atoms with E-state index in [9.17, 15) is 0 Å². The molecule has 2 saturated heterocycles. The number of fused-ring (bicyclic) bond motifs is 4. The van der Waals surface area contributed by atoms with Crippen molar-refractivity contribution in [2.45, 2.75) is 36.0 Å². The van der Waals surface area contributed by atoms with E-state index in [1.54, 1.807) is 10.6 Å². The molecule has 11 rings (SSSR count). The van der Waals surface area contributed by atoms with Crippen molar-refractivity contribution in [3.63, 3.8) is 0 Å². The van der Waals surface area contributed by atoms with Crippen molar-refractivity contribution < 1.29 is 0 Å². The van der Waals surface area contributed by atoms with Crippen LogP contribution in [0.25, 0.3) is 43.1 Å². The van der Waals surface area contributed by atoms with Crippen LogP contribution in [0, 0.1) is 0 Å². The van der Waals surface area contributed by atoms with E-state index in [-0.39, 0.29) is 10.3 Å². The molecule has 2 heteroatoms. The second-order valence-corrected chi connectivity index (χ2v) is 20.9. The van der Waals surface area contributed by atoms with Crippen LogP contribution in [-0.4, -0.2) is 12.3 Å². The van der Waals surface area contributed by atoms with Gasteiger partial charge >= 0.3 is 0 Å². The predicted octanol–water partition coefficient (Wildman–Crippen LogP) is 14.0. The lowest BCUT2D eigenvalue weighted by atomic mass is 9.82. The molecule has 2 atom stereocenters. The van der Waals surface area contributed by atoms with Crippen LogP contribution in [0.4, 0.5) is 0 Å². The highest BCUT2D eigenvalue weighted by Gasteiger charge is 2.52. The summed E-state index contributed by atoms with van der Waals surface area (Å²) >= 11 is 0. The largest absolute Gasteiger partial charge is 0.0616 e. The maximum atomic E-state index is 2.58. The molecule has 0 radical (unpaired) electrons. The molecule has 2 unspecified atom stereocenters. The standard InChI is InChI=1S/C54H44P2/c1-5-25-43-39(17-1)21-11-29-47(43)53(48-30-12-22-40-18-2-6-26-44(40)48)35-15-37-55(53)51-33-9-10-34-52(51)56-38-16-36-54(56,49-31-13-23-41-19-3-7-27-45(41)49)50-32-14-24-42-20-4-8-28-46(42)50/h1-14,17-34H,15-16,35-38H2. The maximum Gasteiger partial charge on any atom is 0.0455 e. The van der Waals surface area contributed by atoms with Gasteiger partial charge in [0.25, 0.3) is 0 Å². The molecule has 0 aliphatic carbocycles. The van der Waals surface area contributed by atoms with E-state index < -0.39 is 15.8 Å². The summed E-state index contributed by atoms with van der Waals surface area (Å²) in [7, 11) is -1.31. The van der Waals surface area contributed by atoms with E-state index in [0.717, 1.165) is 12.8 Å². The zero-order valence-electron chi connectivity index (χ0n) is 31.6. The Labute approximate surface area is 332 Å². The summed E-state index contributed by atoms with van der Waals surface area (Å²) in [6.07, 6.45) is 7.23. The summed E-state index contributed by atoms with van der Waals surface area (Å²) < 4.78 is 0. The van der Waals surface area contributed by atoms with Gasteiger partial charge in [0.1, 0.15) is 0 Å². The van der Waals surface area contributed by atoms with E-state index >= 15 is 0 Å². The van der Waals surface area contributed by atoms with Crippen LogP contribution in [0.15, 0.2) is 194 Å². The van der Waals surface area contributed by atoms with Gasteiger partial charge in [0, 0.05) is 10.3 Å². The van der Waals surface area contributed by atoms with Crippen molar-refractivity contribution >= 4 is 69.5 Å². The topological polar surface area (TPSA) is 0 Å². The summed E-state index contributed by atoms with van der Waals surface area (Å²) in [6, 6.07) is 75.0. The van der Waals surface area contributed by atoms with Crippen LogP contribution in [0.3, 0.4) is 0 Å². The van der Waals surface area contributed by atoms with E-state index in [0.29, 0.717) is 0 Å². The Balaban J connectivity index is 1.20. The molecule has 2 aliphatic heterocycles. The highest BCUT2D eigenvalue weighted by molar-refractivity contribution is 7.73. The molecule has 0 spiro atoms. The lowest BCUT2D eigenvalue weighted by Gasteiger charge is -2.43. The third kappa shape index (κ3) is 5.12. The summed E-state index contributed by atoms with van der Waals surface area (Å²) in [6.45, 7) is 0. The lowest BCUT2D eigenvalue weighted by molar-refractivity contribution is 0.690. The number of hydrogen-bond acceptors (Lipinski definition) is 0. The molecule has 2 aliphatic rings. The van der Waals surface area contributed by atoms with E-state index in [1.807, 2.05) is 0 Å². The monoisotopic (exact) mass is 754 g/mol. The average molecular weight is 755 g/mol. The van der Waals surface area contributed by atoms with Gasteiger partial charge in [-0.25, -0.2) is 0 Å². The molecule has 0 aromatic heterocycles. The van der Waals surface area contributed by atoms with Gasteiger partial charge in [-0.3, -0.25) is 0 Å². The third-order valence-electron chi connectivity index (χ3n) is 13.2. The second-order valence-electron chi connectivity index (χ2n) is 15.8. The highest BCUT2D eigenvalue weighted by atomic mass is 31.1. The van der Waals surface area contributed by atoms with Gasteiger partial charge in [-0.05, 0) is 114 Å². The lowest BCUT2D eigenvalue weighted by Crippen LogP contribution is -2.36.